The first-order chi connectivity index (χ1) is 9.54. The van der Waals surface area contributed by atoms with Crippen LogP contribution in [0, 0.1) is 0 Å². The normalized spacial score (nSPS) is 10.8. The summed E-state index contributed by atoms with van der Waals surface area (Å²) in [5.41, 5.74) is 1.39. The Balaban J connectivity index is 2.29. The smallest absolute Gasteiger partial charge is 0.308 e. The fourth-order valence-corrected chi connectivity index (χ4v) is 2.16. The van der Waals surface area contributed by atoms with Gasteiger partial charge in [0.15, 0.2) is 5.75 Å². The molecular weight excluding hydrogens is 297 g/mol. The molecule has 0 atom stereocenters. The Bertz CT molecular complexity index is 648. The van der Waals surface area contributed by atoms with Gasteiger partial charge in [-0.25, -0.2) is 0 Å². The third kappa shape index (κ3) is 4.08. The number of ether oxygens (including phenoxy) is 1. The van der Waals surface area contributed by atoms with Crippen molar-refractivity contribution in [2.45, 2.75) is 6.92 Å². The van der Waals surface area contributed by atoms with Gasteiger partial charge in [-0.2, -0.15) is 0 Å². The zero-order valence-corrected chi connectivity index (χ0v) is 12.2. The molecule has 0 saturated heterocycles. The van der Waals surface area contributed by atoms with Crippen LogP contribution in [-0.2, 0) is 4.79 Å². The minimum atomic E-state index is -0.390. The van der Waals surface area contributed by atoms with Crippen LogP contribution in [0.2, 0.25) is 10.0 Å². The summed E-state index contributed by atoms with van der Waals surface area (Å²) in [4.78, 5) is 15.2. The van der Waals surface area contributed by atoms with Gasteiger partial charge in [-0.05, 0) is 42.0 Å². The topological polar surface area (TPSA) is 39.2 Å². The molecule has 0 saturated carbocycles. The molecule has 102 valence electrons. The SMILES string of the molecule is CC(=O)Oc1cccnc1C=Cc1cc(Cl)cc(Cl)c1. The Labute approximate surface area is 126 Å². The Morgan fingerprint density at radius 2 is 1.90 bits per heavy atom. The van der Waals surface area contributed by atoms with Crippen molar-refractivity contribution in [2.24, 2.45) is 0 Å². The first kappa shape index (κ1) is 14.6. The van der Waals surface area contributed by atoms with Gasteiger partial charge in [-0.15, -0.1) is 0 Å². The van der Waals surface area contributed by atoms with Crippen LogP contribution in [0.1, 0.15) is 18.2 Å². The number of hydrogen-bond acceptors (Lipinski definition) is 3. The van der Waals surface area contributed by atoms with Crippen molar-refractivity contribution in [3.8, 4) is 5.75 Å². The van der Waals surface area contributed by atoms with Crippen molar-refractivity contribution in [2.75, 3.05) is 0 Å². The van der Waals surface area contributed by atoms with Crippen LogP contribution < -0.4 is 4.74 Å². The summed E-state index contributed by atoms with van der Waals surface area (Å²) in [6, 6.07) is 8.59. The summed E-state index contributed by atoms with van der Waals surface area (Å²) in [6.45, 7) is 1.34. The molecule has 0 radical (unpaired) electrons. The highest BCUT2D eigenvalue weighted by molar-refractivity contribution is 6.34. The third-order valence-electron chi connectivity index (χ3n) is 2.37. The van der Waals surface area contributed by atoms with E-state index in [2.05, 4.69) is 4.98 Å². The molecule has 5 heteroatoms. The fourth-order valence-electron chi connectivity index (χ4n) is 1.62. The molecule has 0 unspecified atom stereocenters. The van der Waals surface area contributed by atoms with Crippen LogP contribution in [0.4, 0.5) is 0 Å². The lowest BCUT2D eigenvalue weighted by atomic mass is 10.2. The van der Waals surface area contributed by atoms with Crippen LogP contribution in [0.15, 0.2) is 36.5 Å². The molecule has 0 aliphatic heterocycles. The average Bonchev–Trinajstić information content (AvgIpc) is 2.36. The number of esters is 1. The van der Waals surface area contributed by atoms with Crippen molar-refractivity contribution >= 4 is 41.3 Å². The molecule has 0 aliphatic rings. The van der Waals surface area contributed by atoms with E-state index < -0.39 is 5.97 Å². The van der Waals surface area contributed by atoms with Crippen molar-refractivity contribution in [1.82, 2.24) is 4.98 Å². The summed E-state index contributed by atoms with van der Waals surface area (Å²) in [5.74, 6) is 0.0165. The molecule has 1 heterocycles. The maximum atomic E-state index is 11.0. The summed E-state index contributed by atoms with van der Waals surface area (Å²) in [5, 5.41) is 1.11. The predicted octanol–water partition coefficient (Wildman–Crippen LogP) is 4.48. The number of carbonyl (C=O) groups excluding carboxylic acids is 1. The molecular formula is C15H11Cl2NO2. The average molecular weight is 308 g/mol. The first-order valence-corrected chi connectivity index (χ1v) is 6.58. The largest absolute Gasteiger partial charge is 0.424 e. The number of halogens is 2. The molecule has 0 N–H and O–H groups in total. The summed E-state index contributed by atoms with van der Waals surface area (Å²) < 4.78 is 5.08. The molecule has 3 nitrogen and oxygen atoms in total. The van der Waals surface area contributed by atoms with Crippen molar-refractivity contribution in [1.29, 1.82) is 0 Å². The minimum absolute atomic E-state index is 0.390. The lowest BCUT2D eigenvalue weighted by Crippen LogP contribution is -2.03. The van der Waals surface area contributed by atoms with Crippen LogP contribution in [0.5, 0.6) is 5.75 Å². The first-order valence-electron chi connectivity index (χ1n) is 5.82. The Morgan fingerprint density at radius 1 is 1.20 bits per heavy atom. The van der Waals surface area contributed by atoms with Gasteiger partial charge < -0.3 is 4.74 Å². The predicted molar refractivity (Wildman–Crippen MR) is 80.9 cm³/mol. The van der Waals surface area contributed by atoms with Gasteiger partial charge in [0, 0.05) is 23.2 Å². The van der Waals surface area contributed by atoms with Crippen molar-refractivity contribution in [3.63, 3.8) is 0 Å². The molecule has 0 spiro atoms. The second-order valence-corrected chi connectivity index (χ2v) is 4.89. The Morgan fingerprint density at radius 3 is 2.55 bits per heavy atom. The van der Waals surface area contributed by atoms with Crippen molar-refractivity contribution < 1.29 is 9.53 Å². The highest BCUT2D eigenvalue weighted by atomic mass is 35.5. The quantitative estimate of drug-likeness (QED) is 0.785. The maximum absolute atomic E-state index is 11.0. The van der Waals surface area contributed by atoms with E-state index in [0.717, 1.165) is 5.56 Å². The second kappa shape index (κ2) is 6.55. The van der Waals surface area contributed by atoms with E-state index in [-0.39, 0.29) is 0 Å². The molecule has 0 aliphatic carbocycles. The van der Waals surface area contributed by atoms with E-state index in [1.807, 2.05) is 0 Å². The maximum Gasteiger partial charge on any atom is 0.308 e. The Hall–Kier alpha value is -1.84. The number of hydrogen-bond donors (Lipinski definition) is 0. The van der Waals surface area contributed by atoms with Gasteiger partial charge in [-0.1, -0.05) is 29.3 Å². The highest BCUT2D eigenvalue weighted by Gasteiger charge is 2.04. The number of pyridine rings is 1. The molecule has 1 aromatic heterocycles. The zero-order chi connectivity index (χ0) is 14.5. The van der Waals surface area contributed by atoms with Gasteiger partial charge in [0.05, 0.1) is 0 Å². The number of carbonyl (C=O) groups is 1. The standard InChI is InChI=1S/C15H11Cl2NO2/c1-10(19)20-15-3-2-6-18-14(15)5-4-11-7-12(16)9-13(17)8-11/h2-9H,1H3. The summed E-state index contributed by atoms with van der Waals surface area (Å²) >= 11 is 11.9. The highest BCUT2D eigenvalue weighted by Crippen LogP contribution is 2.22. The monoisotopic (exact) mass is 307 g/mol. The molecule has 2 rings (SSSR count). The van der Waals surface area contributed by atoms with Crippen LogP contribution in [0.3, 0.4) is 0 Å². The van der Waals surface area contributed by atoms with Gasteiger partial charge in [0.25, 0.3) is 0 Å². The van der Waals surface area contributed by atoms with E-state index in [9.17, 15) is 4.79 Å². The molecule has 0 fully saturated rings. The molecule has 2 aromatic rings. The Kier molecular flexibility index (Phi) is 4.77. The number of rotatable bonds is 3. The van der Waals surface area contributed by atoms with E-state index in [4.69, 9.17) is 27.9 Å². The van der Waals surface area contributed by atoms with Gasteiger partial charge in [0.1, 0.15) is 5.69 Å². The number of aromatic nitrogens is 1. The summed E-state index contributed by atoms with van der Waals surface area (Å²) in [7, 11) is 0. The lowest BCUT2D eigenvalue weighted by molar-refractivity contribution is -0.131. The van der Waals surface area contributed by atoms with Crippen LogP contribution >= 0.6 is 23.2 Å². The van der Waals surface area contributed by atoms with E-state index in [0.29, 0.717) is 21.5 Å². The molecule has 20 heavy (non-hydrogen) atoms. The number of benzene rings is 1. The molecule has 0 amide bonds. The van der Waals surface area contributed by atoms with Gasteiger partial charge in [-0.3, -0.25) is 9.78 Å². The number of nitrogens with zero attached hydrogens (tertiary/aromatic N) is 1. The molecule has 0 bridgehead atoms. The molecule has 1 aromatic carbocycles. The minimum Gasteiger partial charge on any atom is -0.424 e. The lowest BCUT2D eigenvalue weighted by Gasteiger charge is -2.04. The van der Waals surface area contributed by atoms with E-state index >= 15 is 0 Å². The van der Waals surface area contributed by atoms with E-state index in [1.54, 1.807) is 48.7 Å². The van der Waals surface area contributed by atoms with Crippen LogP contribution in [-0.4, -0.2) is 11.0 Å². The second-order valence-electron chi connectivity index (χ2n) is 4.02. The fraction of sp³-hybridized carbons (Fsp3) is 0.0667. The summed E-state index contributed by atoms with van der Waals surface area (Å²) in [6.07, 6.45) is 5.16. The third-order valence-corrected chi connectivity index (χ3v) is 2.81. The zero-order valence-electron chi connectivity index (χ0n) is 10.6. The van der Waals surface area contributed by atoms with Crippen LogP contribution in [0.25, 0.3) is 12.2 Å². The van der Waals surface area contributed by atoms with Gasteiger partial charge in [0.2, 0.25) is 0 Å². The van der Waals surface area contributed by atoms with E-state index in [1.165, 1.54) is 6.92 Å². The van der Waals surface area contributed by atoms with Gasteiger partial charge >= 0.3 is 5.97 Å². The van der Waals surface area contributed by atoms with Crippen molar-refractivity contribution in [3.05, 3.63) is 57.8 Å².